The molecule has 0 radical (unpaired) electrons. The molecule has 1 rings (SSSR count). The SMILES string of the molecule is CCOC(=O)N(CCO)C1CC1. The summed E-state index contributed by atoms with van der Waals surface area (Å²) in [5.41, 5.74) is 0. The van der Waals surface area contributed by atoms with Crippen LogP contribution in [0.4, 0.5) is 4.79 Å². The van der Waals surface area contributed by atoms with Crippen LogP contribution in [0.25, 0.3) is 0 Å². The lowest BCUT2D eigenvalue weighted by molar-refractivity contribution is 0.0955. The number of amides is 1. The highest BCUT2D eigenvalue weighted by molar-refractivity contribution is 5.68. The van der Waals surface area contributed by atoms with Gasteiger partial charge in [-0.25, -0.2) is 4.79 Å². The molecule has 0 aliphatic heterocycles. The lowest BCUT2D eigenvalue weighted by atomic mass is 10.5. The van der Waals surface area contributed by atoms with Crippen LogP contribution in [0.5, 0.6) is 0 Å². The van der Waals surface area contributed by atoms with E-state index in [-0.39, 0.29) is 12.7 Å². The second-order valence-corrected chi connectivity index (χ2v) is 2.85. The van der Waals surface area contributed by atoms with Crippen LogP contribution in [0.1, 0.15) is 19.8 Å². The summed E-state index contributed by atoms with van der Waals surface area (Å²) in [5.74, 6) is 0. The van der Waals surface area contributed by atoms with Crippen LogP contribution in [-0.4, -0.2) is 41.9 Å². The van der Waals surface area contributed by atoms with Crippen LogP contribution in [-0.2, 0) is 4.74 Å². The lowest BCUT2D eigenvalue weighted by Gasteiger charge is -2.19. The summed E-state index contributed by atoms with van der Waals surface area (Å²) in [4.78, 5) is 12.8. The molecule has 1 aliphatic rings. The van der Waals surface area contributed by atoms with Gasteiger partial charge in [-0.1, -0.05) is 0 Å². The van der Waals surface area contributed by atoms with Crippen LogP contribution < -0.4 is 0 Å². The Kier molecular flexibility index (Phi) is 3.34. The molecule has 0 bridgehead atoms. The molecule has 1 aliphatic carbocycles. The molecule has 1 saturated carbocycles. The van der Waals surface area contributed by atoms with Crippen molar-refractivity contribution >= 4 is 6.09 Å². The van der Waals surface area contributed by atoms with Crippen LogP contribution in [0, 0.1) is 0 Å². The van der Waals surface area contributed by atoms with Crippen molar-refractivity contribution in [2.75, 3.05) is 19.8 Å². The third-order valence-electron chi connectivity index (χ3n) is 1.83. The maximum absolute atomic E-state index is 11.2. The molecule has 70 valence electrons. The molecule has 0 aromatic carbocycles. The highest BCUT2D eigenvalue weighted by Gasteiger charge is 2.32. The van der Waals surface area contributed by atoms with Gasteiger partial charge in [0.25, 0.3) is 0 Å². The predicted molar refractivity (Wildman–Crippen MR) is 43.8 cm³/mol. The van der Waals surface area contributed by atoms with E-state index in [0.717, 1.165) is 12.8 Å². The third kappa shape index (κ3) is 2.37. The molecular weight excluding hydrogens is 158 g/mol. The normalized spacial score (nSPS) is 15.8. The van der Waals surface area contributed by atoms with E-state index in [1.165, 1.54) is 0 Å². The van der Waals surface area contributed by atoms with Crippen molar-refractivity contribution in [3.8, 4) is 0 Å². The van der Waals surface area contributed by atoms with Gasteiger partial charge in [0.2, 0.25) is 0 Å². The molecule has 0 aromatic heterocycles. The van der Waals surface area contributed by atoms with E-state index in [0.29, 0.717) is 19.2 Å². The Morgan fingerprint density at radius 1 is 1.67 bits per heavy atom. The molecule has 0 aromatic rings. The third-order valence-corrected chi connectivity index (χ3v) is 1.83. The molecule has 1 N–H and O–H groups in total. The highest BCUT2D eigenvalue weighted by Crippen LogP contribution is 2.26. The molecule has 0 heterocycles. The van der Waals surface area contributed by atoms with E-state index in [9.17, 15) is 4.79 Å². The van der Waals surface area contributed by atoms with Gasteiger partial charge in [0.05, 0.1) is 13.2 Å². The van der Waals surface area contributed by atoms with Crippen molar-refractivity contribution in [3.05, 3.63) is 0 Å². The standard InChI is InChI=1S/C8H15NO3/c1-2-12-8(11)9(5-6-10)7-3-4-7/h7,10H,2-6H2,1H3. The quantitative estimate of drug-likeness (QED) is 0.677. The zero-order valence-corrected chi connectivity index (χ0v) is 7.32. The number of aliphatic hydroxyl groups is 1. The van der Waals surface area contributed by atoms with E-state index in [1.54, 1.807) is 11.8 Å². The maximum atomic E-state index is 11.2. The van der Waals surface area contributed by atoms with Crippen molar-refractivity contribution in [1.82, 2.24) is 4.90 Å². The fraction of sp³-hybridized carbons (Fsp3) is 0.875. The van der Waals surface area contributed by atoms with Gasteiger partial charge in [-0.2, -0.15) is 0 Å². The summed E-state index contributed by atoms with van der Waals surface area (Å²) in [6.45, 7) is 2.58. The summed E-state index contributed by atoms with van der Waals surface area (Å²) in [6, 6.07) is 0.316. The first-order valence-electron chi connectivity index (χ1n) is 4.33. The number of carbonyl (C=O) groups is 1. The van der Waals surface area contributed by atoms with E-state index in [1.807, 2.05) is 0 Å². The van der Waals surface area contributed by atoms with Gasteiger partial charge in [0, 0.05) is 12.6 Å². The average Bonchev–Trinajstić information content (AvgIpc) is 2.83. The van der Waals surface area contributed by atoms with Crippen LogP contribution in [0.3, 0.4) is 0 Å². The first kappa shape index (κ1) is 9.32. The number of hydrogen-bond donors (Lipinski definition) is 1. The average molecular weight is 173 g/mol. The Morgan fingerprint density at radius 2 is 2.33 bits per heavy atom. The van der Waals surface area contributed by atoms with E-state index >= 15 is 0 Å². The van der Waals surface area contributed by atoms with Crippen molar-refractivity contribution in [3.63, 3.8) is 0 Å². The minimum atomic E-state index is -0.297. The molecule has 1 amide bonds. The minimum absolute atomic E-state index is 0.00924. The van der Waals surface area contributed by atoms with Gasteiger partial charge in [0.15, 0.2) is 0 Å². The van der Waals surface area contributed by atoms with E-state index in [2.05, 4.69) is 0 Å². The van der Waals surface area contributed by atoms with Gasteiger partial charge in [-0.3, -0.25) is 0 Å². The van der Waals surface area contributed by atoms with Crippen LogP contribution in [0.15, 0.2) is 0 Å². The first-order valence-corrected chi connectivity index (χ1v) is 4.33. The van der Waals surface area contributed by atoms with Crippen molar-refractivity contribution < 1.29 is 14.6 Å². The monoisotopic (exact) mass is 173 g/mol. The summed E-state index contributed by atoms with van der Waals surface area (Å²) in [7, 11) is 0. The molecule has 0 spiro atoms. The molecule has 0 saturated heterocycles. The summed E-state index contributed by atoms with van der Waals surface area (Å²) >= 11 is 0. The smallest absolute Gasteiger partial charge is 0.410 e. The van der Waals surface area contributed by atoms with Gasteiger partial charge in [-0.05, 0) is 19.8 Å². The molecule has 1 fully saturated rings. The van der Waals surface area contributed by atoms with Crippen LogP contribution >= 0.6 is 0 Å². The van der Waals surface area contributed by atoms with Gasteiger partial charge in [-0.15, -0.1) is 0 Å². The number of ether oxygens (including phenoxy) is 1. The largest absolute Gasteiger partial charge is 0.450 e. The summed E-state index contributed by atoms with van der Waals surface area (Å²) < 4.78 is 4.83. The second kappa shape index (κ2) is 4.30. The van der Waals surface area contributed by atoms with Crippen molar-refractivity contribution in [2.24, 2.45) is 0 Å². The van der Waals surface area contributed by atoms with Crippen molar-refractivity contribution in [1.29, 1.82) is 0 Å². The minimum Gasteiger partial charge on any atom is -0.450 e. The fourth-order valence-electron chi connectivity index (χ4n) is 1.12. The summed E-state index contributed by atoms with van der Waals surface area (Å²) in [5, 5.41) is 8.68. The topological polar surface area (TPSA) is 49.8 Å². The zero-order valence-electron chi connectivity index (χ0n) is 7.32. The molecule has 4 nitrogen and oxygen atoms in total. The second-order valence-electron chi connectivity index (χ2n) is 2.85. The first-order chi connectivity index (χ1) is 5.79. The predicted octanol–water partition coefficient (Wildman–Crippen LogP) is 0.600. The van der Waals surface area contributed by atoms with Gasteiger partial charge >= 0.3 is 6.09 Å². The summed E-state index contributed by atoms with van der Waals surface area (Å²) in [6.07, 6.45) is 1.78. The molecule has 0 unspecified atom stereocenters. The van der Waals surface area contributed by atoms with Gasteiger partial charge in [0.1, 0.15) is 0 Å². The number of carbonyl (C=O) groups excluding carboxylic acids is 1. The number of nitrogens with zero attached hydrogens (tertiary/aromatic N) is 1. The Morgan fingerprint density at radius 3 is 2.75 bits per heavy atom. The zero-order chi connectivity index (χ0) is 8.97. The Balaban J connectivity index is 2.34. The van der Waals surface area contributed by atoms with E-state index < -0.39 is 0 Å². The maximum Gasteiger partial charge on any atom is 0.410 e. The Labute approximate surface area is 72.1 Å². The molecule has 0 atom stereocenters. The Bertz CT molecular complexity index is 156. The van der Waals surface area contributed by atoms with Gasteiger partial charge < -0.3 is 14.7 Å². The Hall–Kier alpha value is -0.770. The number of hydrogen-bond acceptors (Lipinski definition) is 3. The fourth-order valence-corrected chi connectivity index (χ4v) is 1.12. The van der Waals surface area contributed by atoms with E-state index in [4.69, 9.17) is 9.84 Å². The molecule has 12 heavy (non-hydrogen) atoms. The number of aliphatic hydroxyl groups excluding tert-OH is 1. The molecular formula is C8H15NO3. The lowest BCUT2D eigenvalue weighted by Crippen LogP contribution is -2.35. The van der Waals surface area contributed by atoms with Crippen LogP contribution in [0.2, 0.25) is 0 Å². The number of rotatable bonds is 4. The molecule has 4 heteroatoms. The highest BCUT2D eigenvalue weighted by atomic mass is 16.6. The van der Waals surface area contributed by atoms with Crippen molar-refractivity contribution in [2.45, 2.75) is 25.8 Å².